The summed E-state index contributed by atoms with van der Waals surface area (Å²) in [4.78, 5) is 33.1. The van der Waals surface area contributed by atoms with Crippen LogP contribution in [0.15, 0.2) is 64.5 Å². The molecule has 1 aliphatic heterocycles. The summed E-state index contributed by atoms with van der Waals surface area (Å²) in [5.41, 5.74) is 1.34. The van der Waals surface area contributed by atoms with Gasteiger partial charge in [0.2, 0.25) is 5.91 Å². The molecule has 4 rings (SSSR count). The lowest BCUT2D eigenvalue weighted by Crippen LogP contribution is -2.37. The maximum atomic E-state index is 13.2. The van der Waals surface area contributed by atoms with Crippen LogP contribution in [0.5, 0.6) is 0 Å². The molecule has 1 fully saturated rings. The Labute approximate surface area is 191 Å². The predicted molar refractivity (Wildman–Crippen MR) is 128 cm³/mol. The topological polar surface area (TPSA) is 76.5 Å². The summed E-state index contributed by atoms with van der Waals surface area (Å²) in [6.45, 7) is 6.65. The number of amides is 1. The zero-order chi connectivity index (χ0) is 22.3. The molecule has 8 heteroatoms. The van der Waals surface area contributed by atoms with E-state index in [9.17, 15) is 9.59 Å². The summed E-state index contributed by atoms with van der Waals surface area (Å²) in [5.74, 6) is -0.122. The number of fused-ring (bicyclic) bond motifs is 1. The van der Waals surface area contributed by atoms with E-state index >= 15 is 0 Å². The Bertz CT molecular complexity index is 1110. The first-order valence-electron chi connectivity index (χ1n) is 10.9. The van der Waals surface area contributed by atoms with Crippen molar-refractivity contribution in [3.05, 3.63) is 65.0 Å². The number of aromatic nitrogens is 2. The van der Waals surface area contributed by atoms with E-state index in [1.165, 1.54) is 11.8 Å². The number of ether oxygens (including phenoxy) is 1. The number of para-hydroxylation sites is 2. The number of nitrogens with zero attached hydrogens (tertiary/aromatic N) is 3. The normalized spacial score (nSPS) is 15.5. The smallest absolute Gasteiger partial charge is 0.262 e. The van der Waals surface area contributed by atoms with Gasteiger partial charge in [-0.1, -0.05) is 42.1 Å². The molecule has 1 saturated heterocycles. The van der Waals surface area contributed by atoms with Gasteiger partial charge < -0.3 is 10.1 Å². The van der Waals surface area contributed by atoms with Crippen LogP contribution < -0.4 is 10.9 Å². The van der Waals surface area contributed by atoms with Crippen LogP contribution in [0.4, 0.5) is 5.69 Å². The lowest BCUT2D eigenvalue weighted by Gasteiger charge is -2.26. The summed E-state index contributed by atoms with van der Waals surface area (Å²) >= 11 is 1.32. The van der Waals surface area contributed by atoms with E-state index in [1.54, 1.807) is 4.57 Å². The van der Waals surface area contributed by atoms with Crippen molar-refractivity contribution in [3.63, 3.8) is 0 Å². The number of thioether (sulfide) groups is 1. The summed E-state index contributed by atoms with van der Waals surface area (Å²) in [6.07, 6.45) is 0.831. The number of nitrogens with one attached hydrogen (secondary N) is 1. The predicted octanol–water partition coefficient (Wildman–Crippen LogP) is 3.24. The molecule has 1 unspecified atom stereocenters. The molecule has 1 aliphatic rings. The number of hydrogen-bond acceptors (Lipinski definition) is 6. The fourth-order valence-electron chi connectivity index (χ4n) is 3.69. The van der Waals surface area contributed by atoms with E-state index < -0.39 is 5.25 Å². The molecule has 2 aromatic carbocycles. The molecule has 0 aliphatic carbocycles. The molecule has 32 heavy (non-hydrogen) atoms. The third-order valence-electron chi connectivity index (χ3n) is 5.48. The second-order valence-corrected chi connectivity index (χ2v) is 9.10. The van der Waals surface area contributed by atoms with Crippen molar-refractivity contribution in [2.75, 3.05) is 38.2 Å². The fraction of sp³-hybridized carbons (Fsp3) is 0.375. The third kappa shape index (κ3) is 5.56. The molecule has 0 radical (unpaired) electrons. The Balaban J connectivity index is 1.52. The lowest BCUT2D eigenvalue weighted by molar-refractivity contribution is -0.115. The highest BCUT2D eigenvalue weighted by atomic mass is 32.2. The zero-order valence-corrected chi connectivity index (χ0v) is 19.0. The minimum absolute atomic E-state index is 0.0595. The molecule has 0 spiro atoms. The molecule has 2 heterocycles. The molecule has 1 amide bonds. The molecule has 3 aromatic rings. The molecule has 0 bridgehead atoms. The lowest BCUT2D eigenvalue weighted by atomic mass is 10.2. The van der Waals surface area contributed by atoms with Gasteiger partial charge in [0.05, 0.1) is 29.4 Å². The number of rotatable bonds is 8. The quantitative estimate of drug-likeness (QED) is 0.418. The number of carbonyl (C=O) groups is 1. The van der Waals surface area contributed by atoms with Crippen molar-refractivity contribution in [3.8, 4) is 0 Å². The van der Waals surface area contributed by atoms with Crippen LogP contribution in [0.25, 0.3) is 10.9 Å². The van der Waals surface area contributed by atoms with E-state index in [0.29, 0.717) is 22.6 Å². The fourth-order valence-corrected chi connectivity index (χ4v) is 4.62. The minimum Gasteiger partial charge on any atom is -0.379 e. The van der Waals surface area contributed by atoms with E-state index in [4.69, 9.17) is 9.72 Å². The van der Waals surface area contributed by atoms with Crippen LogP contribution in [-0.4, -0.2) is 58.5 Å². The van der Waals surface area contributed by atoms with Gasteiger partial charge in [-0.2, -0.15) is 0 Å². The Kier molecular flexibility index (Phi) is 7.57. The highest BCUT2D eigenvalue weighted by molar-refractivity contribution is 8.00. The van der Waals surface area contributed by atoms with Crippen molar-refractivity contribution in [1.29, 1.82) is 0 Å². The molecule has 168 valence electrons. The van der Waals surface area contributed by atoms with E-state index in [0.717, 1.165) is 45.0 Å². The van der Waals surface area contributed by atoms with Gasteiger partial charge in [0.15, 0.2) is 5.16 Å². The first-order chi connectivity index (χ1) is 15.6. The van der Waals surface area contributed by atoms with Gasteiger partial charge in [-0.25, -0.2) is 4.98 Å². The van der Waals surface area contributed by atoms with Gasteiger partial charge in [-0.05, 0) is 37.6 Å². The van der Waals surface area contributed by atoms with Crippen molar-refractivity contribution in [2.45, 2.75) is 30.3 Å². The van der Waals surface area contributed by atoms with Crippen molar-refractivity contribution in [2.24, 2.45) is 0 Å². The van der Waals surface area contributed by atoms with Crippen LogP contribution in [0, 0.1) is 0 Å². The zero-order valence-electron chi connectivity index (χ0n) is 18.2. The summed E-state index contributed by atoms with van der Waals surface area (Å²) < 4.78 is 7.13. The Morgan fingerprint density at radius 3 is 2.59 bits per heavy atom. The molecular weight excluding hydrogens is 424 g/mol. The Morgan fingerprint density at radius 2 is 1.81 bits per heavy atom. The SMILES string of the molecule is CC(Sc1nc2ccccc2c(=O)n1CCCN1CCOCC1)C(=O)Nc1ccccc1. The minimum atomic E-state index is -0.409. The van der Waals surface area contributed by atoms with Crippen LogP contribution in [0.3, 0.4) is 0 Å². The van der Waals surface area contributed by atoms with Gasteiger partial charge in [-0.3, -0.25) is 19.1 Å². The van der Waals surface area contributed by atoms with Crippen LogP contribution in [0.1, 0.15) is 13.3 Å². The average molecular weight is 453 g/mol. The third-order valence-corrected chi connectivity index (χ3v) is 6.57. The molecule has 1 aromatic heterocycles. The number of morpholine rings is 1. The monoisotopic (exact) mass is 452 g/mol. The van der Waals surface area contributed by atoms with Crippen molar-refractivity contribution >= 4 is 34.3 Å². The summed E-state index contributed by atoms with van der Waals surface area (Å²) in [5, 5.41) is 3.69. The molecule has 1 N–H and O–H groups in total. The number of anilines is 1. The summed E-state index contributed by atoms with van der Waals surface area (Å²) in [7, 11) is 0. The van der Waals surface area contributed by atoms with Gasteiger partial charge in [0, 0.05) is 31.9 Å². The van der Waals surface area contributed by atoms with Crippen LogP contribution in [-0.2, 0) is 16.1 Å². The standard InChI is InChI=1S/C24H28N4O3S/c1-18(22(29)25-19-8-3-2-4-9-19)32-24-26-21-11-6-5-10-20(21)23(30)28(24)13-7-12-27-14-16-31-17-15-27/h2-6,8-11,18H,7,12-17H2,1H3,(H,25,29). The van der Waals surface area contributed by atoms with Crippen molar-refractivity contribution < 1.29 is 9.53 Å². The molecule has 1 atom stereocenters. The average Bonchev–Trinajstić information content (AvgIpc) is 2.82. The second kappa shape index (κ2) is 10.8. The van der Waals surface area contributed by atoms with E-state index in [1.807, 2.05) is 61.5 Å². The second-order valence-electron chi connectivity index (χ2n) is 7.79. The van der Waals surface area contributed by atoms with E-state index in [-0.39, 0.29) is 11.5 Å². The molecule has 0 saturated carbocycles. The highest BCUT2D eigenvalue weighted by Crippen LogP contribution is 2.24. The van der Waals surface area contributed by atoms with E-state index in [2.05, 4.69) is 10.2 Å². The number of hydrogen-bond donors (Lipinski definition) is 1. The summed E-state index contributed by atoms with van der Waals surface area (Å²) in [6, 6.07) is 16.7. The maximum Gasteiger partial charge on any atom is 0.262 e. The first kappa shape index (κ1) is 22.5. The van der Waals surface area contributed by atoms with Crippen LogP contribution >= 0.6 is 11.8 Å². The van der Waals surface area contributed by atoms with Gasteiger partial charge >= 0.3 is 0 Å². The Morgan fingerprint density at radius 1 is 1.09 bits per heavy atom. The first-order valence-corrected chi connectivity index (χ1v) is 11.8. The van der Waals surface area contributed by atoms with Gasteiger partial charge in [0.25, 0.3) is 5.56 Å². The van der Waals surface area contributed by atoms with Gasteiger partial charge in [0.1, 0.15) is 0 Å². The number of benzene rings is 2. The molecular formula is C24H28N4O3S. The molecule has 7 nitrogen and oxygen atoms in total. The van der Waals surface area contributed by atoms with Crippen molar-refractivity contribution in [1.82, 2.24) is 14.5 Å². The van der Waals surface area contributed by atoms with Gasteiger partial charge in [-0.15, -0.1) is 0 Å². The number of carbonyl (C=O) groups excluding carboxylic acids is 1. The maximum absolute atomic E-state index is 13.2. The van der Waals surface area contributed by atoms with Crippen LogP contribution in [0.2, 0.25) is 0 Å². The highest BCUT2D eigenvalue weighted by Gasteiger charge is 2.20. The Hall–Kier alpha value is -2.68. The largest absolute Gasteiger partial charge is 0.379 e.